The molecule has 1 rings (SSSR count). The summed E-state index contributed by atoms with van der Waals surface area (Å²) in [5, 5.41) is 3.16. The monoisotopic (exact) mass is 241 g/mol. The summed E-state index contributed by atoms with van der Waals surface area (Å²) in [6.45, 7) is 4.37. The summed E-state index contributed by atoms with van der Waals surface area (Å²) >= 11 is 0. The molecule has 6 heteroatoms. The molecule has 0 saturated carbocycles. The van der Waals surface area contributed by atoms with Gasteiger partial charge in [0.05, 0.1) is 13.7 Å². The lowest BCUT2D eigenvalue weighted by molar-refractivity contribution is 0.199. The van der Waals surface area contributed by atoms with E-state index in [4.69, 9.17) is 9.47 Å². The highest BCUT2D eigenvalue weighted by Gasteiger charge is 2.06. The molecule has 0 aromatic carbocycles. The fraction of sp³-hybridized carbons (Fsp3) is 0.636. The van der Waals surface area contributed by atoms with Crippen molar-refractivity contribution < 1.29 is 9.47 Å². The molecule has 0 aliphatic heterocycles. The Hall–Kier alpha value is -1.40. The Kier molecular flexibility index (Phi) is 5.65. The Balaban J connectivity index is 2.61. The standard InChI is InChI=1S/C11H19N3O3/c1-9-8-10(15)14(11(13-9)17-3)6-4-12-5-7-16-2/h8,12H,4-7H2,1-3H3. The van der Waals surface area contributed by atoms with Gasteiger partial charge in [0.15, 0.2) is 0 Å². The van der Waals surface area contributed by atoms with Crippen LogP contribution in [0.25, 0.3) is 0 Å². The summed E-state index contributed by atoms with van der Waals surface area (Å²) in [5.41, 5.74) is 0.568. The van der Waals surface area contributed by atoms with E-state index in [1.54, 1.807) is 14.0 Å². The van der Waals surface area contributed by atoms with Gasteiger partial charge in [-0.1, -0.05) is 0 Å². The molecule has 0 saturated heterocycles. The molecule has 96 valence electrons. The minimum Gasteiger partial charge on any atom is -0.468 e. The molecular weight excluding hydrogens is 222 g/mol. The highest BCUT2D eigenvalue weighted by molar-refractivity contribution is 5.06. The van der Waals surface area contributed by atoms with Gasteiger partial charge >= 0.3 is 0 Å². The first kappa shape index (κ1) is 13.7. The zero-order valence-electron chi connectivity index (χ0n) is 10.5. The van der Waals surface area contributed by atoms with E-state index in [9.17, 15) is 4.79 Å². The molecule has 6 nitrogen and oxygen atoms in total. The van der Waals surface area contributed by atoms with Crippen LogP contribution in [0.15, 0.2) is 10.9 Å². The number of aromatic nitrogens is 2. The molecule has 0 radical (unpaired) electrons. The van der Waals surface area contributed by atoms with E-state index < -0.39 is 0 Å². The van der Waals surface area contributed by atoms with Gasteiger partial charge in [-0.05, 0) is 6.92 Å². The Morgan fingerprint density at radius 1 is 1.41 bits per heavy atom. The van der Waals surface area contributed by atoms with E-state index in [-0.39, 0.29) is 5.56 Å². The normalized spacial score (nSPS) is 10.5. The van der Waals surface area contributed by atoms with Gasteiger partial charge in [-0.2, -0.15) is 0 Å². The fourth-order valence-corrected chi connectivity index (χ4v) is 1.45. The predicted octanol–water partition coefficient (Wildman–Crippen LogP) is -0.204. The molecule has 0 amide bonds. The third-order valence-electron chi connectivity index (χ3n) is 2.28. The number of ether oxygens (including phenoxy) is 2. The van der Waals surface area contributed by atoms with Crippen molar-refractivity contribution in [1.82, 2.24) is 14.9 Å². The topological polar surface area (TPSA) is 65.4 Å². The molecular formula is C11H19N3O3. The van der Waals surface area contributed by atoms with E-state index in [0.29, 0.717) is 31.4 Å². The summed E-state index contributed by atoms with van der Waals surface area (Å²) in [4.78, 5) is 15.9. The van der Waals surface area contributed by atoms with Gasteiger partial charge in [-0.3, -0.25) is 9.36 Å². The van der Waals surface area contributed by atoms with Crippen LogP contribution in [0.1, 0.15) is 5.69 Å². The Labute approximate surface area is 101 Å². The molecule has 1 aromatic heterocycles. The first-order chi connectivity index (χ1) is 8.19. The van der Waals surface area contributed by atoms with E-state index in [1.807, 2.05) is 0 Å². The highest BCUT2D eigenvalue weighted by atomic mass is 16.5. The fourth-order valence-electron chi connectivity index (χ4n) is 1.45. The maximum atomic E-state index is 11.7. The zero-order chi connectivity index (χ0) is 12.7. The van der Waals surface area contributed by atoms with Gasteiger partial charge in [0.2, 0.25) is 0 Å². The summed E-state index contributed by atoms with van der Waals surface area (Å²) in [7, 11) is 3.16. The van der Waals surface area contributed by atoms with E-state index in [2.05, 4.69) is 10.3 Å². The van der Waals surface area contributed by atoms with E-state index >= 15 is 0 Å². The second kappa shape index (κ2) is 7.03. The molecule has 0 unspecified atom stereocenters. The summed E-state index contributed by atoms with van der Waals surface area (Å²) in [6, 6.07) is 1.85. The zero-order valence-corrected chi connectivity index (χ0v) is 10.5. The lowest BCUT2D eigenvalue weighted by atomic mass is 10.4. The van der Waals surface area contributed by atoms with Crippen LogP contribution in [0, 0.1) is 6.92 Å². The quantitative estimate of drug-likeness (QED) is 0.669. The first-order valence-electron chi connectivity index (χ1n) is 5.51. The molecule has 1 heterocycles. The maximum absolute atomic E-state index is 11.7. The molecule has 1 aromatic rings. The second-order valence-electron chi connectivity index (χ2n) is 3.62. The van der Waals surface area contributed by atoms with Gasteiger partial charge in [0.1, 0.15) is 0 Å². The summed E-state index contributed by atoms with van der Waals surface area (Å²) in [6.07, 6.45) is 0. The predicted molar refractivity (Wildman–Crippen MR) is 64.5 cm³/mol. The number of hydrogen-bond acceptors (Lipinski definition) is 5. The highest BCUT2D eigenvalue weighted by Crippen LogP contribution is 2.03. The Bertz CT molecular complexity index is 403. The van der Waals surface area contributed by atoms with Crippen molar-refractivity contribution in [2.45, 2.75) is 13.5 Å². The number of methoxy groups -OCH3 is 2. The number of rotatable bonds is 7. The van der Waals surface area contributed by atoms with Crippen molar-refractivity contribution in [3.8, 4) is 6.01 Å². The number of hydrogen-bond donors (Lipinski definition) is 1. The number of nitrogens with one attached hydrogen (secondary N) is 1. The lowest BCUT2D eigenvalue weighted by Crippen LogP contribution is -2.30. The van der Waals surface area contributed by atoms with Crippen LogP contribution in [0.4, 0.5) is 0 Å². The largest absolute Gasteiger partial charge is 0.468 e. The number of nitrogens with zero attached hydrogens (tertiary/aromatic N) is 2. The average Bonchev–Trinajstić information content (AvgIpc) is 2.30. The van der Waals surface area contributed by atoms with Gasteiger partial charge in [-0.25, -0.2) is 4.98 Å². The number of aryl methyl sites for hydroxylation is 1. The van der Waals surface area contributed by atoms with Crippen LogP contribution in [0.5, 0.6) is 6.01 Å². The van der Waals surface area contributed by atoms with Crippen molar-refractivity contribution in [3.05, 3.63) is 22.1 Å². The minimum atomic E-state index is -0.0945. The third kappa shape index (κ3) is 4.16. The Morgan fingerprint density at radius 2 is 2.18 bits per heavy atom. The molecule has 0 spiro atoms. The van der Waals surface area contributed by atoms with Crippen molar-refractivity contribution in [2.24, 2.45) is 0 Å². The van der Waals surface area contributed by atoms with Crippen LogP contribution in [-0.4, -0.2) is 43.5 Å². The van der Waals surface area contributed by atoms with Gasteiger partial charge in [0, 0.05) is 38.5 Å². The average molecular weight is 241 g/mol. The van der Waals surface area contributed by atoms with E-state index in [0.717, 1.165) is 6.54 Å². The van der Waals surface area contributed by atoms with Crippen molar-refractivity contribution in [2.75, 3.05) is 33.9 Å². The SMILES string of the molecule is COCCNCCn1c(OC)nc(C)cc1=O. The van der Waals surface area contributed by atoms with Gasteiger partial charge < -0.3 is 14.8 Å². The van der Waals surface area contributed by atoms with Crippen molar-refractivity contribution in [1.29, 1.82) is 0 Å². The summed E-state index contributed by atoms with van der Waals surface area (Å²) in [5.74, 6) is 0. The van der Waals surface area contributed by atoms with E-state index in [1.165, 1.54) is 17.7 Å². The lowest BCUT2D eigenvalue weighted by Gasteiger charge is -2.11. The summed E-state index contributed by atoms with van der Waals surface area (Å²) < 4.78 is 11.5. The molecule has 0 bridgehead atoms. The van der Waals surface area contributed by atoms with Gasteiger partial charge in [0.25, 0.3) is 11.6 Å². The maximum Gasteiger partial charge on any atom is 0.299 e. The van der Waals surface area contributed by atoms with Crippen LogP contribution in [0.2, 0.25) is 0 Å². The molecule has 0 aliphatic carbocycles. The molecule has 17 heavy (non-hydrogen) atoms. The van der Waals surface area contributed by atoms with Crippen molar-refractivity contribution >= 4 is 0 Å². The van der Waals surface area contributed by atoms with Crippen LogP contribution < -0.4 is 15.6 Å². The van der Waals surface area contributed by atoms with Crippen molar-refractivity contribution in [3.63, 3.8) is 0 Å². The first-order valence-corrected chi connectivity index (χ1v) is 5.51. The molecule has 0 aliphatic rings. The minimum absolute atomic E-state index is 0.0945. The van der Waals surface area contributed by atoms with Crippen LogP contribution >= 0.6 is 0 Å². The molecule has 1 N–H and O–H groups in total. The van der Waals surface area contributed by atoms with Crippen LogP contribution in [-0.2, 0) is 11.3 Å². The Morgan fingerprint density at radius 3 is 2.82 bits per heavy atom. The van der Waals surface area contributed by atoms with Gasteiger partial charge in [-0.15, -0.1) is 0 Å². The molecule has 0 fully saturated rings. The molecule has 0 atom stereocenters. The smallest absolute Gasteiger partial charge is 0.299 e. The third-order valence-corrected chi connectivity index (χ3v) is 2.28. The second-order valence-corrected chi connectivity index (χ2v) is 3.62. The van der Waals surface area contributed by atoms with Crippen LogP contribution in [0.3, 0.4) is 0 Å².